The van der Waals surface area contributed by atoms with Gasteiger partial charge >= 0.3 is 0 Å². The van der Waals surface area contributed by atoms with Gasteiger partial charge in [-0.25, -0.2) is 13.4 Å². The van der Waals surface area contributed by atoms with E-state index in [1.54, 1.807) is 24.1 Å². The SMILES string of the molecule is Cc1noc(C=C[NH2+]Cc2ccc[nH+]c2)c1S(=O)(=O)N(C)CC(=O)N1CCc2ccccc21. The zero-order valence-corrected chi connectivity index (χ0v) is 19.4. The number of aryl methyl sites for hydroxylation is 1. The lowest BCUT2D eigenvalue weighted by molar-refractivity contribution is -0.604. The van der Waals surface area contributed by atoms with Gasteiger partial charge in [-0.1, -0.05) is 23.4 Å². The van der Waals surface area contributed by atoms with Crippen LogP contribution in [0.2, 0.25) is 0 Å². The second-order valence-corrected chi connectivity index (χ2v) is 9.84. The van der Waals surface area contributed by atoms with E-state index < -0.39 is 10.0 Å². The van der Waals surface area contributed by atoms with Crippen LogP contribution >= 0.6 is 0 Å². The molecule has 172 valence electrons. The van der Waals surface area contributed by atoms with Gasteiger partial charge in [-0.2, -0.15) is 4.31 Å². The van der Waals surface area contributed by atoms with E-state index in [1.807, 2.05) is 54.1 Å². The molecule has 1 aliphatic heterocycles. The molecule has 0 spiro atoms. The summed E-state index contributed by atoms with van der Waals surface area (Å²) in [7, 11) is -2.59. The van der Waals surface area contributed by atoms with E-state index in [1.165, 1.54) is 7.05 Å². The number of pyridine rings is 1. The first-order valence-electron chi connectivity index (χ1n) is 10.6. The van der Waals surface area contributed by atoms with Gasteiger partial charge in [0.05, 0.1) is 18.3 Å². The molecule has 1 aliphatic rings. The van der Waals surface area contributed by atoms with Crippen molar-refractivity contribution in [2.24, 2.45) is 0 Å². The van der Waals surface area contributed by atoms with Gasteiger partial charge in [0.2, 0.25) is 15.9 Å². The van der Waals surface area contributed by atoms with Crippen molar-refractivity contribution in [1.29, 1.82) is 0 Å². The highest BCUT2D eigenvalue weighted by Crippen LogP contribution is 2.28. The molecular formula is C23H27N5O4S+2. The molecule has 2 aromatic heterocycles. The first-order chi connectivity index (χ1) is 15.9. The lowest BCUT2D eigenvalue weighted by Gasteiger charge is -2.22. The molecule has 10 heteroatoms. The molecule has 3 N–H and O–H groups in total. The minimum absolute atomic E-state index is 0.0303. The summed E-state index contributed by atoms with van der Waals surface area (Å²) in [6.07, 6.45) is 7.79. The molecule has 1 aromatic carbocycles. The number of hydrogen-bond acceptors (Lipinski definition) is 5. The Morgan fingerprint density at radius 3 is 2.91 bits per heavy atom. The van der Waals surface area contributed by atoms with Crippen LogP contribution in [0.15, 0.2) is 64.4 Å². The molecule has 0 saturated heterocycles. The third-order valence-corrected chi connectivity index (χ3v) is 7.52. The van der Waals surface area contributed by atoms with Crippen molar-refractivity contribution in [3.63, 3.8) is 0 Å². The number of quaternary nitrogens is 1. The molecule has 3 aromatic rings. The van der Waals surface area contributed by atoms with Crippen LogP contribution in [-0.4, -0.2) is 43.9 Å². The van der Waals surface area contributed by atoms with E-state index >= 15 is 0 Å². The number of rotatable bonds is 8. The smallest absolute Gasteiger partial charge is 0.249 e. The van der Waals surface area contributed by atoms with Crippen LogP contribution in [0.25, 0.3) is 6.08 Å². The van der Waals surface area contributed by atoms with Gasteiger partial charge in [0.1, 0.15) is 12.2 Å². The first kappa shape index (κ1) is 22.8. The lowest BCUT2D eigenvalue weighted by atomic mass is 10.2. The largest absolute Gasteiger partial charge is 0.355 e. The molecule has 0 aliphatic carbocycles. The lowest BCUT2D eigenvalue weighted by Crippen LogP contribution is -2.76. The van der Waals surface area contributed by atoms with Crippen LogP contribution in [0.5, 0.6) is 0 Å². The highest BCUT2D eigenvalue weighted by Gasteiger charge is 2.33. The summed E-state index contributed by atoms with van der Waals surface area (Å²) in [6.45, 7) is 2.51. The minimum Gasteiger partial charge on any atom is -0.355 e. The fourth-order valence-electron chi connectivity index (χ4n) is 3.83. The molecular weight excluding hydrogens is 442 g/mol. The Morgan fingerprint density at radius 1 is 1.30 bits per heavy atom. The molecule has 4 rings (SSSR count). The molecule has 0 fully saturated rings. The molecule has 0 radical (unpaired) electrons. The number of nitrogens with one attached hydrogen (secondary N) is 1. The number of nitrogens with two attached hydrogens (primary N) is 1. The molecule has 33 heavy (non-hydrogen) atoms. The minimum atomic E-state index is -3.99. The normalized spacial score (nSPS) is 13.7. The quantitative estimate of drug-likeness (QED) is 0.523. The topological polar surface area (TPSA) is 114 Å². The Balaban J connectivity index is 1.46. The third kappa shape index (κ3) is 4.87. The number of H-pyrrole nitrogens is 1. The Hall–Kier alpha value is -3.34. The van der Waals surface area contributed by atoms with Crippen LogP contribution in [0.3, 0.4) is 0 Å². The maximum absolute atomic E-state index is 13.3. The molecule has 0 saturated carbocycles. The fraction of sp³-hybridized carbons (Fsp3) is 0.261. The van der Waals surface area contributed by atoms with Crippen molar-refractivity contribution >= 4 is 27.7 Å². The van der Waals surface area contributed by atoms with Crippen molar-refractivity contribution < 1.29 is 28.0 Å². The van der Waals surface area contributed by atoms with E-state index in [4.69, 9.17) is 4.52 Å². The summed E-state index contributed by atoms with van der Waals surface area (Å²) in [5.41, 5.74) is 3.26. The number of nitrogens with zero attached hydrogens (tertiary/aromatic N) is 3. The number of carbonyl (C=O) groups excluding carboxylic acids is 1. The monoisotopic (exact) mass is 469 g/mol. The summed E-state index contributed by atoms with van der Waals surface area (Å²) in [4.78, 5) is 17.5. The molecule has 0 atom stereocenters. The zero-order valence-electron chi connectivity index (χ0n) is 18.6. The number of carbonyl (C=O) groups is 1. The summed E-state index contributed by atoms with van der Waals surface area (Å²) < 4.78 is 32.9. The number of hydrogen-bond donors (Lipinski definition) is 1. The average molecular weight is 470 g/mol. The van der Waals surface area contributed by atoms with Crippen LogP contribution in [0.1, 0.15) is 22.6 Å². The van der Waals surface area contributed by atoms with Crippen LogP contribution in [-0.2, 0) is 27.8 Å². The van der Waals surface area contributed by atoms with E-state index in [2.05, 4.69) is 10.1 Å². The second-order valence-electron chi connectivity index (χ2n) is 7.86. The highest BCUT2D eigenvalue weighted by molar-refractivity contribution is 7.89. The van der Waals surface area contributed by atoms with Gasteiger partial charge in [0, 0.05) is 31.4 Å². The number of sulfonamides is 1. The van der Waals surface area contributed by atoms with Crippen LogP contribution in [0, 0.1) is 6.92 Å². The number of para-hydroxylation sites is 1. The standard InChI is InChI=1S/C23H25N5O4S/c1-17-23(21(32-26-17)9-12-25-15-18-6-5-11-24-14-18)33(30,31)27(2)16-22(29)28-13-10-19-7-3-4-8-20(19)28/h3-9,11-12,14,25H,10,13,15-16H2,1-2H3/p+2. The molecule has 9 nitrogen and oxygen atoms in total. The van der Waals surface area contributed by atoms with Crippen molar-refractivity contribution in [2.75, 3.05) is 25.0 Å². The van der Waals surface area contributed by atoms with Gasteiger partial charge in [-0.05, 0) is 31.0 Å². The number of fused-ring (bicyclic) bond motifs is 1. The molecule has 3 heterocycles. The predicted octanol–water partition coefficient (Wildman–Crippen LogP) is 0.741. The van der Waals surface area contributed by atoms with E-state index in [9.17, 15) is 13.2 Å². The molecule has 0 unspecified atom stereocenters. The van der Waals surface area contributed by atoms with E-state index in [0.717, 1.165) is 27.5 Å². The highest BCUT2D eigenvalue weighted by atomic mass is 32.2. The van der Waals surface area contributed by atoms with Gasteiger partial charge in [0.25, 0.3) is 0 Å². The van der Waals surface area contributed by atoms with Crippen LogP contribution < -0.4 is 15.2 Å². The van der Waals surface area contributed by atoms with Gasteiger partial charge in [-0.15, -0.1) is 0 Å². The van der Waals surface area contributed by atoms with Crippen molar-refractivity contribution in [2.45, 2.75) is 24.8 Å². The maximum atomic E-state index is 13.3. The average Bonchev–Trinajstić information content (AvgIpc) is 3.41. The summed E-state index contributed by atoms with van der Waals surface area (Å²) in [5, 5.41) is 5.74. The number of amides is 1. The number of benzene rings is 1. The predicted molar refractivity (Wildman–Crippen MR) is 121 cm³/mol. The zero-order chi connectivity index (χ0) is 23.4. The number of likely N-dealkylation sites (N-methyl/N-ethyl adjacent to an activating group) is 1. The fourth-order valence-corrected chi connectivity index (χ4v) is 5.19. The number of aromatic amines is 1. The number of anilines is 1. The van der Waals surface area contributed by atoms with Gasteiger partial charge < -0.3 is 14.7 Å². The Labute approximate surface area is 192 Å². The van der Waals surface area contributed by atoms with Crippen molar-refractivity contribution in [3.05, 3.63) is 77.6 Å². The maximum Gasteiger partial charge on any atom is 0.249 e. The Kier molecular flexibility index (Phi) is 6.68. The van der Waals surface area contributed by atoms with Crippen molar-refractivity contribution in [3.8, 4) is 0 Å². The Bertz CT molecular complexity index is 1270. The summed E-state index contributed by atoms with van der Waals surface area (Å²) in [6, 6.07) is 11.6. The summed E-state index contributed by atoms with van der Waals surface area (Å²) in [5.74, 6) is -0.139. The van der Waals surface area contributed by atoms with Crippen LogP contribution in [0.4, 0.5) is 5.69 Å². The van der Waals surface area contributed by atoms with Gasteiger partial charge in [-0.3, -0.25) is 4.79 Å². The molecule has 0 bridgehead atoms. The third-order valence-electron chi connectivity index (χ3n) is 5.56. The second kappa shape index (κ2) is 9.65. The first-order valence-corrected chi connectivity index (χ1v) is 12.1. The summed E-state index contributed by atoms with van der Waals surface area (Å²) >= 11 is 0. The Morgan fingerprint density at radius 2 is 2.12 bits per heavy atom. The van der Waals surface area contributed by atoms with E-state index in [-0.39, 0.29) is 28.8 Å². The molecule has 1 amide bonds. The number of aromatic nitrogens is 2. The van der Waals surface area contributed by atoms with E-state index in [0.29, 0.717) is 13.1 Å². The van der Waals surface area contributed by atoms with Crippen molar-refractivity contribution in [1.82, 2.24) is 9.46 Å². The van der Waals surface area contributed by atoms with Gasteiger partial charge in [0.15, 0.2) is 23.0 Å².